The lowest BCUT2D eigenvalue weighted by molar-refractivity contribution is 0.153. The van der Waals surface area contributed by atoms with Crippen LogP contribution in [0.15, 0.2) is 18.2 Å². The van der Waals surface area contributed by atoms with Crippen LogP contribution in [0.4, 0.5) is 4.39 Å². The van der Waals surface area contributed by atoms with E-state index in [1.54, 1.807) is 12.1 Å². The smallest absolute Gasteiger partial charge is 0.145 e. The Bertz CT molecular complexity index is 499. The third kappa shape index (κ3) is 3.00. The molecule has 1 saturated carbocycles. The average molecular weight is 275 g/mol. The van der Waals surface area contributed by atoms with Crippen LogP contribution < -0.4 is 5.32 Å². The van der Waals surface area contributed by atoms with Gasteiger partial charge in [-0.15, -0.1) is 0 Å². The first kappa shape index (κ1) is 15.0. The van der Waals surface area contributed by atoms with Crippen molar-refractivity contribution in [1.29, 1.82) is 5.26 Å². The number of rotatable bonds is 5. The second-order valence-corrected chi connectivity index (χ2v) is 5.82. The highest BCUT2D eigenvalue weighted by atomic mass is 19.1. The molecule has 1 fully saturated rings. The lowest BCUT2D eigenvalue weighted by atomic mass is 9.96. The molecule has 0 atom stereocenters. The maximum Gasteiger partial charge on any atom is 0.145 e. The Hall–Kier alpha value is -1.44. The largest absolute Gasteiger partial charge is 0.311 e. The van der Waals surface area contributed by atoms with Crippen LogP contribution in [0.1, 0.15) is 36.8 Å². The van der Waals surface area contributed by atoms with Gasteiger partial charge < -0.3 is 10.2 Å². The summed E-state index contributed by atoms with van der Waals surface area (Å²) in [6.07, 6.45) is 4.90. The summed E-state index contributed by atoms with van der Waals surface area (Å²) in [4.78, 5) is 2.29. The standard InChI is InChI=1S/C16H22FN3/c1-20(2)16(8-3-4-9-16)12-19-11-14-7-5-6-13(10-18)15(14)17/h5-7,19H,3-4,8-9,11-12H2,1-2H3. The van der Waals surface area contributed by atoms with Gasteiger partial charge in [0.15, 0.2) is 0 Å². The first-order valence-electron chi connectivity index (χ1n) is 7.15. The van der Waals surface area contributed by atoms with Crippen molar-refractivity contribution in [3.8, 4) is 6.07 Å². The highest BCUT2D eigenvalue weighted by Crippen LogP contribution is 2.33. The van der Waals surface area contributed by atoms with E-state index in [0.29, 0.717) is 12.1 Å². The Kier molecular flexibility index (Phi) is 4.74. The topological polar surface area (TPSA) is 39.1 Å². The monoisotopic (exact) mass is 275 g/mol. The van der Waals surface area contributed by atoms with Crippen LogP contribution in [-0.4, -0.2) is 31.1 Å². The van der Waals surface area contributed by atoms with E-state index < -0.39 is 5.82 Å². The molecule has 108 valence electrons. The third-order valence-corrected chi connectivity index (χ3v) is 4.45. The minimum Gasteiger partial charge on any atom is -0.311 e. The number of halogens is 1. The van der Waals surface area contributed by atoms with Crippen molar-refractivity contribution in [2.75, 3.05) is 20.6 Å². The Balaban J connectivity index is 1.98. The zero-order valence-electron chi connectivity index (χ0n) is 12.2. The Morgan fingerprint density at radius 2 is 2.05 bits per heavy atom. The van der Waals surface area contributed by atoms with Crippen molar-refractivity contribution in [1.82, 2.24) is 10.2 Å². The van der Waals surface area contributed by atoms with E-state index in [1.807, 2.05) is 6.07 Å². The Morgan fingerprint density at radius 1 is 1.35 bits per heavy atom. The van der Waals surface area contributed by atoms with Crippen LogP contribution in [0, 0.1) is 17.1 Å². The first-order chi connectivity index (χ1) is 9.59. The summed E-state index contributed by atoms with van der Waals surface area (Å²) in [5.74, 6) is -0.396. The summed E-state index contributed by atoms with van der Waals surface area (Å²) in [5.41, 5.74) is 0.881. The van der Waals surface area contributed by atoms with Gasteiger partial charge in [0.1, 0.15) is 11.9 Å². The number of hydrogen-bond donors (Lipinski definition) is 1. The van der Waals surface area contributed by atoms with Gasteiger partial charge in [-0.05, 0) is 33.0 Å². The number of hydrogen-bond acceptors (Lipinski definition) is 3. The molecule has 0 aromatic heterocycles. The molecule has 0 spiro atoms. The van der Waals surface area contributed by atoms with E-state index in [-0.39, 0.29) is 11.1 Å². The van der Waals surface area contributed by atoms with Gasteiger partial charge in [0.2, 0.25) is 0 Å². The molecule has 2 rings (SSSR count). The minimum absolute atomic E-state index is 0.118. The summed E-state index contributed by atoms with van der Waals surface area (Å²) >= 11 is 0. The van der Waals surface area contributed by atoms with Gasteiger partial charge in [-0.2, -0.15) is 5.26 Å². The summed E-state index contributed by atoms with van der Waals surface area (Å²) in [7, 11) is 4.23. The second kappa shape index (κ2) is 6.34. The van der Waals surface area contributed by atoms with E-state index in [2.05, 4.69) is 24.3 Å². The second-order valence-electron chi connectivity index (χ2n) is 5.82. The zero-order chi connectivity index (χ0) is 14.6. The molecule has 0 radical (unpaired) electrons. The minimum atomic E-state index is -0.396. The Labute approximate surface area is 120 Å². The van der Waals surface area contributed by atoms with Crippen molar-refractivity contribution >= 4 is 0 Å². The molecule has 20 heavy (non-hydrogen) atoms. The maximum atomic E-state index is 14.0. The van der Waals surface area contributed by atoms with Crippen LogP contribution >= 0.6 is 0 Å². The van der Waals surface area contributed by atoms with E-state index in [0.717, 1.165) is 6.54 Å². The molecule has 0 saturated heterocycles. The van der Waals surface area contributed by atoms with Crippen molar-refractivity contribution in [3.05, 3.63) is 35.1 Å². The predicted molar refractivity (Wildman–Crippen MR) is 77.7 cm³/mol. The van der Waals surface area contributed by atoms with Gasteiger partial charge in [-0.1, -0.05) is 25.0 Å². The fourth-order valence-corrected chi connectivity index (χ4v) is 3.05. The van der Waals surface area contributed by atoms with Gasteiger partial charge in [-0.25, -0.2) is 4.39 Å². The van der Waals surface area contributed by atoms with Gasteiger partial charge in [0.05, 0.1) is 5.56 Å². The van der Waals surface area contributed by atoms with Crippen molar-refractivity contribution in [2.24, 2.45) is 0 Å². The van der Waals surface area contributed by atoms with E-state index in [4.69, 9.17) is 5.26 Å². The van der Waals surface area contributed by atoms with Crippen molar-refractivity contribution in [2.45, 2.75) is 37.8 Å². The van der Waals surface area contributed by atoms with Gasteiger partial charge in [0, 0.05) is 24.2 Å². The quantitative estimate of drug-likeness (QED) is 0.898. The van der Waals surface area contributed by atoms with E-state index in [9.17, 15) is 4.39 Å². The van der Waals surface area contributed by atoms with Crippen molar-refractivity contribution < 1.29 is 4.39 Å². The molecular weight excluding hydrogens is 253 g/mol. The molecule has 1 aromatic rings. The summed E-state index contributed by atoms with van der Waals surface area (Å²) in [6, 6.07) is 6.86. The lowest BCUT2D eigenvalue weighted by Gasteiger charge is -2.36. The predicted octanol–water partition coefficient (Wildman–Crippen LogP) is 2.66. The van der Waals surface area contributed by atoms with Crippen LogP contribution in [0.5, 0.6) is 0 Å². The maximum absolute atomic E-state index is 14.0. The molecule has 0 unspecified atom stereocenters. The van der Waals surface area contributed by atoms with Gasteiger partial charge in [0.25, 0.3) is 0 Å². The molecule has 0 heterocycles. The molecule has 3 nitrogen and oxygen atoms in total. The molecule has 1 aliphatic rings. The van der Waals surface area contributed by atoms with Crippen LogP contribution in [-0.2, 0) is 6.54 Å². The molecule has 1 aromatic carbocycles. The molecule has 1 aliphatic carbocycles. The number of nitrogens with one attached hydrogen (secondary N) is 1. The number of benzene rings is 1. The average Bonchev–Trinajstić information content (AvgIpc) is 2.91. The number of nitrogens with zero attached hydrogens (tertiary/aromatic N) is 2. The zero-order valence-corrected chi connectivity index (χ0v) is 12.2. The van der Waals surface area contributed by atoms with E-state index in [1.165, 1.54) is 31.7 Å². The SMILES string of the molecule is CN(C)C1(CNCc2cccc(C#N)c2F)CCCC1. The summed E-state index contributed by atoms with van der Waals surface area (Å²) < 4.78 is 14.0. The third-order valence-electron chi connectivity index (χ3n) is 4.45. The van der Waals surface area contributed by atoms with Crippen molar-refractivity contribution in [3.63, 3.8) is 0 Å². The molecule has 0 amide bonds. The van der Waals surface area contributed by atoms with E-state index >= 15 is 0 Å². The van der Waals surface area contributed by atoms with Crippen LogP contribution in [0.3, 0.4) is 0 Å². The normalized spacial score (nSPS) is 17.4. The highest BCUT2D eigenvalue weighted by molar-refractivity contribution is 5.34. The fraction of sp³-hybridized carbons (Fsp3) is 0.562. The molecule has 0 aliphatic heterocycles. The number of nitriles is 1. The number of likely N-dealkylation sites (N-methyl/N-ethyl adjacent to an activating group) is 1. The molecule has 4 heteroatoms. The Morgan fingerprint density at radius 3 is 2.65 bits per heavy atom. The van der Waals surface area contributed by atoms with Crippen LogP contribution in [0.2, 0.25) is 0 Å². The molecule has 0 bridgehead atoms. The molecule has 1 N–H and O–H groups in total. The first-order valence-corrected chi connectivity index (χ1v) is 7.15. The fourth-order valence-electron chi connectivity index (χ4n) is 3.05. The van der Waals surface area contributed by atoms with Crippen LogP contribution in [0.25, 0.3) is 0 Å². The van der Waals surface area contributed by atoms with Gasteiger partial charge >= 0.3 is 0 Å². The van der Waals surface area contributed by atoms with Gasteiger partial charge in [-0.3, -0.25) is 0 Å². The summed E-state index contributed by atoms with van der Waals surface area (Å²) in [6.45, 7) is 1.33. The highest BCUT2D eigenvalue weighted by Gasteiger charge is 2.35. The lowest BCUT2D eigenvalue weighted by Crippen LogP contribution is -2.49. The summed E-state index contributed by atoms with van der Waals surface area (Å²) in [5, 5.41) is 12.2. The molecular formula is C16H22FN3.